The van der Waals surface area contributed by atoms with E-state index in [-0.39, 0.29) is 0 Å². The van der Waals surface area contributed by atoms with Crippen LogP contribution in [0.2, 0.25) is 10.0 Å². The lowest BCUT2D eigenvalue weighted by Gasteiger charge is -2.09. The molecule has 0 spiro atoms. The van der Waals surface area contributed by atoms with Crippen LogP contribution in [0, 0.1) is 0 Å². The van der Waals surface area contributed by atoms with Gasteiger partial charge in [0.05, 0.1) is 15.8 Å². The summed E-state index contributed by atoms with van der Waals surface area (Å²) in [4.78, 5) is 0. The molecule has 0 bridgehead atoms. The summed E-state index contributed by atoms with van der Waals surface area (Å²) < 4.78 is 5.69. The average Bonchev–Trinajstić information content (AvgIpc) is 2.50. The largest absolute Gasteiger partial charge is 0.489 e. The van der Waals surface area contributed by atoms with Crippen molar-refractivity contribution in [2.75, 3.05) is 0 Å². The van der Waals surface area contributed by atoms with Gasteiger partial charge in [0.15, 0.2) is 0 Å². The fourth-order valence-electron chi connectivity index (χ4n) is 1.86. The standard InChI is InChI=1S/C16H15Cl2NO2/c1-11(19-20)9-12-5-7-14(8-6-12)21-10-13-3-2-4-15(17)16(13)18/h2-8,20H,9-10H2,1H3/b19-11-. The maximum absolute atomic E-state index is 8.65. The fourth-order valence-corrected chi connectivity index (χ4v) is 2.23. The molecule has 2 aromatic carbocycles. The Morgan fingerprint density at radius 3 is 2.52 bits per heavy atom. The van der Waals surface area contributed by atoms with E-state index in [9.17, 15) is 0 Å². The molecule has 2 aromatic rings. The first-order chi connectivity index (χ1) is 10.1. The van der Waals surface area contributed by atoms with Crippen molar-refractivity contribution in [3.8, 4) is 5.75 Å². The van der Waals surface area contributed by atoms with Gasteiger partial charge in [-0.25, -0.2) is 0 Å². The number of hydrogen-bond acceptors (Lipinski definition) is 3. The summed E-state index contributed by atoms with van der Waals surface area (Å²) in [5.41, 5.74) is 2.56. The Bertz CT molecular complexity index is 639. The second-order valence-electron chi connectivity index (χ2n) is 4.66. The minimum absolute atomic E-state index is 0.357. The van der Waals surface area contributed by atoms with E-state index >= 15 is 0 Å². The molecule has 0 saturated heterocycles. The quantitative estimate of drug-likeness (QED) is 0.479. The molecule has 0 aliphatic rings. The van der Waals surface area contributed by atoms with Crippen LogP contribution in [0.5, 0.6) is 5.75 Å². The summed E-state index contributed by atoms with van der Waals surface area (Å²) in [6.45, 7) is 2.13. The predicted molar refractivity (Wildman–Crippen MR) is 85.8 cm³/mol. The fraction of sp³-hybridized carbons (Fsp3) is 0.188. The van der Waals surface area contributed by atoms with Crippen molar-refractivity contribution in [2.45, 2.75) is 20.0 Å². The summed E-state index contributed by atoms with van der Waals surface area (Å²) in [6.07, 6.45) is 0.608. The molecule has 1 N–H and O–H groups in total. The van der Waals surface area contributed by atoms with Crippen molar-refractivity contribution in [3.05, 3.63) is 63.6 Å². The van der Waals surface area contributed by atoms with Gasteiger partial charge in [0.1, 0.15) is 12.4 Å². The Labute approximate surface area is 133 Å². The molecule has 0 atom stereocenters. The first-order valence-electron chi connectivity index (χ1n) is 6.42. The van der Waals surface area contributed by atoms with Gasteiger partial charge in [0.2, 0.25) is 0 Å². The molecule has 0 aliphatic carbocycles. The van der Waals surface area contributed by atoms with Crippen molar-refractivity contribution in [1.82, 2.24) is 0 Å². The molecule has 2 rings (SSSR count). The van der Waals surface area contributed by atoms with Crippen LogP contribution < -0.4 is 4.74 Å². The second kappa shape index (κ2) is 7.34. The Morgan fingerprint density at radius 1 is 1.14 bits per heavy atom. The summed E-state index contributed by atoms with van der Waals surface area (Å²) in [5.74, 6) is 0.744. The number of halogens is 2. The summed E-state index contributed by atoms with van der Waals surface area (Å²) >= 11 is 12.1. The number of rotatable bonds is 5. The highest BCUT2D eigenvalue weighted by Crippen LogP contribution is 2.26. The summed E-state index contributed by atoms with van der Waals surface area (Å²) in [5, 5.41) is 12.8. The average molecular weight is 324 g/mol. The van der Waals surface area contributed by atoms with Gasteiger partial charge in [0.25, 0.3) is 0 Å². The van der Waals surface area contributed by atoms with Crippen molar-refractivity contribution < 1.29 is 9.94 Å². The van der Waals surface area contributed by atoms with Crippen molar-refractivity contribution >= 4 is 28.9 Å². The Balaban J connectivity index is 1.99. The molecule has 110 valence electrons. The highest BCUT2D eigenvalue weighted by molar-refractivity contribution is 6.42. The third kappa shape index (κ3) is 4.38. The maximum atomic E-state index is 8.65. The van der Waals surface area contributed by atoms with E-state index in [1.54, 1.807) is 13.0 Å². The SMILES string of the molecule is C/C(Cc1ccc(OCc2cccc(Cl)c2Cl)cc1)=N/O. The third-order valence-corrected chi connectivity index (χ3v) is 3.84. The Kier molecular flexibility index (Phi) is 5.48. The second-order valence-corrected chi connectivity index (χ2v) is 5.44. The number of nitrogens with zero attached hydrogens (tertiary/aromatic N) is 1. The van der Waals surface area contributed by atoms with Crippen LogP contribution in [0.3, 0.4) is 0 Å². The first-order valence-corrected chi connectivity index (χ1v) is 7.18. The lowest BCUT2D eigenvalue weighted by Crippen LogP contribution is -1.99. The van der Waals surface area contributed by atoms with Crippen LogP contribution >= 0.6 is 23.2 Å². The minimum atomic E-state index is 0.357. The molecule has 0 amide bonds. The van der Waals surface area contributed by atoms with Crippen molar-refractivity contribution in [3.63, 3.8) is 0 Å². The maximum Gasteiger partial charge on any atom is 0.119 e. The molecular weight excluding hydrogens is 309 g/mol. The molecule has 0 aliphatic heterocycles. The van der Waals surface area contributed by atoms with Crippen molar-refractivity contribution in [2.24, 2.45) is 5.16 Å². The van der Waals surface area contributed by atoms with E-state index in [1.807, 2.05) is 36.4 Å². The Hall–Kier alpha value is -1.71. The molecule has 0 radical (unpaired) electrons. The van der Waals surface area contributed by atoms with Gasteiger partial charge in [0, 0.05) is 12.0 Å². The molecule has 5 heteroatoms. The van der Waals surface area contributed by atoms with Crippen molar-refractivity contribution in [1.29, 1.82) is 0 Å². The lowest BCUT2D eigenvalue weighted by molar-refractivity contribution is 0.306. The van der Waals surface area contributed by atoms with Crippen LogP contribution in [0.4, 0.5) is 0 Å². The monoisotopic (exact) mass is 323 g/mol. The smallest absolute Gasteiger partial charge is 0.119 e. The van der Waals surface area contributed by atoms with Gasteiger partial charge in [-0.2, -0.15) is 0 Å². The summed E-state index contributed by atoms with van der Waals surface area (Å²) in [7, 11) is 0. The zero-order chi connectivity index (χ0) is 15.2. The van der Waals surface area contributed by atoms with E-state index in [4.69, 9.17) is 33.1 Å². The number of ether oxygens (including phenoxy) is 1. The van der Waals surface area contributed by atoms with E-state index in [0.717, 1.165) is 16.9 Å². The molecule has 3 nitrogen and oxygen atoms in total. The van der Waals surface area contributed by atoms with Gasteiger partial charge in [-0.15, -0.1) is 0 Å². The molecular formula is C16H15Cl2NO2. The molecule has 0 unspecified atom stereocenters. The van der Waals surface area contributed by atoms with E-state index in [1.165, 1.54) is 0 Å². The molecule has 21 heavy (non-hydrogen) atoms. The predicted octanol–water partition coefficient (Wildman–Crippen LogP) is 4.97. The molecule has 0 heterocycles. The van der Waals surface area contributed by atoms with Gasteiger partial charge >= 0.3 is 0 Å². The number of hydrogen-bond donors (Lipinski definition) is 1. The van der Waals surface area contributed by atoms with E-state index in [0.29, 0.717) is 28.8 Å². The molecule has 0 saturated carbocycles. The van der Waals surface area contributed by atoms with Gasteiger partial charge < -0.3 is 9.94 Å². The van der Waals surface area contributed by atoms with Crippen LogP contribution in [-0.4, -0.2) is 10.9 Å². The van der Waals surface area contributed by atoms with Gasteiger partial charge in [-0.1, -0.05) is 52.6 Å². The van der Waals surface area contributed by atoms with Gasteiger partial charge in [-0.05, 0) is 30.7 Å². The van der Waals surface area contributed by atoms with Crippen LogP contribution in [0.1, 0.15) is 18.1 Å². The van der Waals surface area contributed by atoms with E-state index in [2.05, 4.69) is 5.16 Å². The third-order valence-electron chi connectivity index (χ3n) is 2.98. The van der Waals surface area contributed by atoms with E-state index < -0.39 is 0 Å². The normalized spacial score (nSPS) is 11.5. The lowest BCUT2D eigenvalue weighted by atomic mass is 10.1. The van der Waals surface area contributed by atoms with Crippen LogP contribution in [-0.2, 0) is 13.0 Å². The molecule has 0 aromatic heterocycles. The van der Waals surface area contributed by atoms with Crippen LogP contribution in [0.25, 0.3) is 0 Å². The van der Waals surface area contributed by atoms with Crippen LogP contribution in [0.15, 0.2) is 47.6 Å². The Morgan fingerprint density at radius 2 is 1.86 bits per heavy atom. The zero-order valence-electron chi connectivity index (χ0n) is 11.5. The zero-order valence-corrected chi connectivity index (χ0v) is 13.0. The molecule has 0 fully saturated rings. The summed E-state index contributed by atoms with van der Waals surface area (Å²) in [6, 6.07) is 13.1. The topological polar surface area (TPSA) is 41.8 Å². The highest BCUT2D eigenvalue weighted by Gasteiger charge is 2.05. The number of oxime groups is 1. The first kappa shape index (κ1) is 15.7. The van der Waals surface area contributed by atoms with Gasteiger partial charge in [-0.3, -0.25) is 0 Å². The minimum Gasteiger partial charge on any atom is -0.489 e. The number of benzene rings is 2. The highest BCUT2D eigenvalue weighted by atomic mass is 35.5.